The molecule has 1 N–H and O–H groups in total. The quantitative estimate of drug-likeness (QED) is 0.677. The van der Waals surface area contributed by atoms with Crippen LogP contribution >= 0.6 is 0 Å². The van der Waals surface area contributed by atoms with Crippen molar-refractivity contribution in [2.75, 3.05) is 39.3 Å². The zero-order chi connectivity index (χ0) is 22.4. The number of aryl methyl sites for hydroxylation is 1. The van der Waals surface area contributed by atoms with E-state index in [0.29, 0.717) is 29.5 Å². The van der Waals surface area contributed by atoms with Gasteiger partial charge in [0.15, 0.2) is 11.5 Å². The SMILES string of the molecule is COc1cc(/C=C/C(=O)NC2CCCN(c3cc(C)ccc3F)C2)cc(OC)c1OC. The van der Waals surface area contributed by atoms with Crippen molar-refractivity contribution in [1.82, 2.24) is 5.32 Å². The highest BCUT2D eigenvalue weighted by Crippen LogP contribution is 2.38. The highest BCUT2D eigenvalue weighted by Gasteiger charge is 2.23. The molecule has 0 aromatic heterocycles. The summed E-state index contributed by atoms with van der Waals surface area (Å²) in [5.41, 5.74) is 2.35. The minimum atomic E-state index is -0.236. The van der Waals surface area contributed by atoms with E-state index in [-0.39, 0.29) is 17.8 Å². The van der Waals surface area contributed by atoms with Crippen molar-refractivity contribution in [1.29, 1.82) is 0 Å². The zero-order valence-corrected chi connectivity index (χ0v) is 18.4. The van der Waals surface area contributed by atoms with Gasteiger partial charge in [-0.1, -0.05) is 6.07 Å². The van der Waals surface area contributed by atoms with E-state index in [0.717, 1.165) is 30.5 Å². The van der Waals surface area contributed by atoms with Crippen LogP contribution in [-0.4, -0.2) is 46.4 Å². The fraction of sp³-hybridized carbons (Fsp3) is 0.375. The van der Waals surface area contributed by atoms with Gasteiger partial charge >= 0.3 is 0 Å². The van der Waals surface area contributed by atoms with Gasteiger partial charge in [0.25, 0.3) is 0 Å². The monoisotopic (exact) mass is 428 g/mol. The summed E-state index contributed by atoms with van der Waals surface area (Å²) in [6.45, 7) is 3.29. The van der Waals surface area contributed by atoms with Crippen LogP contribution in [0.25, 0.3) is 6.08 Å². The Morgan fingerprint density at radius 3 is 2.48 bits per heavy atom. The summed E-state index contributed by atoms with van der Waals surface area (Å²) >= 11 is 0. The second-order valence-corrected chi connectivity index (χ2v) is 7.54. The Kier molecular flexibility index (Phi) is 7.39. The predicted molar refractivity (Wildman–Crippen MR) is 120 cm³/mol. The van der Waals surface area contributed by atoms with E-state index in [4.69, 9.17) is 14.2 Å². The van der Waals surface area contributed by atoms with Crippen LogP contribution in [0.3, 0.4) is 0 Å². The van der Waals surface area contributed by atoms with Crippen molar-refractivity contribution >= 4 is 17.7 Å². The Hall–Kier alpha value is -3.22. The van der Waals surface area contributed by atoms with Crippen LogP contribution in [0.5, 0.6) is 17.2 Å². The van der Waals surface area contributed by atoms with Crippen LogP contribution < -0.4 is 24.4 Å². The van der Waals surface area contributed by atoms with Gasteiger partial charge in [-0.3, -0.25) is 4.79 Å². The number of hydrogen-bond acceptors (Lipinski definition) is 5. The van der Waals surface area contributed by atoms with Crippen molar-refractivity contribution in [3.8, 4) is 17.2 Å². The van der Waals surface area contributed by atoms with Crippen molar-refractivity contribution in [3.05, 3.63) is 53.4 Å². The summed E-state index contributed by atoms with van der Waals surface area (Å²) in [7, 11) is 4.63. The summed E-state index contributed by atoms with van der Waals surface area (Å²) < 4.78 is 30.3. The first-order valence-electron chi connectivity index (χ1n) is 10.2. The largest absolute Gasteiger partial charge is 0.493 e. The molecule has 2 aromatic carbocycles. The molecule has 166 valence electrons. The minimum Gasteiger partial charge on any atom is -0.493 e. The second-order valence-electron chi connectivity index (χ2n) is 7.54. The van der Waals surface area contributed by atoms with Crippen LogP contribution in [0.2, 0.25) is 0 Å². The molecule has 1 saturated heterocycles. The van der Waals surface area contributed by atoms with E-state index in [1.165, 1.54) is 12.1 Å². The van der Waals surface area contributed by atoms with E-state index in [1.807, 2.05) is 17.9 Å². The third-order valence-corrected chi connectivity index (χ3v) is 5.32. The molecule has 6 nitrogen and oxygen atoms in total. The fourth-order valence-electron chi connectivity index (χ4n) is 3.80. The number of halogens is 1. The van der Waals surface area contributed by atoms with E-state index >= 15 is 0 Å². The van der Waals surface area contributed by atoms with Gasteiger partial charge < -0.3 is 24.4 Å². The molecular formula is C24H29FN2O4. The Bertz CT molecular complexity index is 936. The number of carbonyl (C=O) groups excluding carboxylic acids is 1. The molecule has 2 aromatic rings. The normalized spacial score (nSPS) is 16.3. The van der Waals surface area contributed by atoms with E-state index in [2.05, 4.69) is 5.32 Å². The highest BCUT2D eigenvalue weighted by molar-refractivity contribution is 5.92. The Morgan fingerprint density at radius 1 is 1.13 bits per heavy atom. The van der Waals surface area contributed by atoms with Gasteiger partial charge in [-0.25, -0.2) is 4.39 Å². The highest BCUT2D eigenvalue weighted by atomic mass is 19.1. The number of anilines is 1. The third kappa shape index (κ3) is 5.48. The van der Waals surface area contributed by atoms with E-state index in [9.17, 15) is 9.18 Å². The molecule has 1 unspecified atom stereocenters. The van der Waals surface area contributed by atoms with Crippen molar-refractivity contribution in [2.45, 2.75) is 25.8 Å². The number of nitrogens with one attached hydrogen (secondary N) is 1. The van der Waals surface area contributed by atoms with Crippen LogP contribution in [0.15, 0.2) is 36.4 Å². The first kappa shape index (κ1) is 22.5. The summed E-state index contributed by atoms with van der Waals surface area (Å²) in [5, 5.41) is 3.03. The smallest absolute Gasteiger partial charge is 0.244 e. The molecule has 1 atom stereocenters. The van der Waals surface area contributed by atoms with Gasteiger partial charge in [0.05, 0.1) is 27.0 Å². The van der Waals surface area contributed by atoms with Crippen LogP contribution in [0.4, 0.5) is 10.1 Å². The van der Waals surface area contributed by atoms with Crippen LogP contribution in [0, 0.1) is 12.7 Å². The topological polar surface area (TPSA) is 60.0 Å². The van der Waals surface area contributed by atoms with Gasteiger partial charge in [0.1, 0.15) is 5.82 Å². The Labute approximate surface area is 182 Å². The Balaban J connectivity index is 1.66. The summed E-state index contributed by atoms with van der Waals surface area (Å²) in [6.07, 6.45) is 4.91. The van der Waals surface area contributed by atoms with E-state index in [1.54, 1.807) is 45.6 Å². The number of ether oxygens (including phenoxy) is 3. The first-order valence-corrected chi connectivity index (χ1v) is 10.2. The van der Waals surface area contributed by atoms with Gasteiger partial charge in [-0.05, 0) is 61.2 Å². The predicted octanol–water partition coefficient (Wildman–Crippen LogP) is 3.96. The van der Waals surface area contributed by atoms with Crippen LogP contribution in [0.1, 0.15) is 24.0 Å². The molecule has 1 heterocycles. The minimum absolute atomic E-state index is 0.0502. The van der Waals surface area contributed by atoms with Gasteiger partial charge in [0.2, 0.25) is 11.7 Å². The molecule has 1 aliphatic rings. The average molecular weight is 429 g/mol. The summed E-state index contributed by atoms with van der Waals surface area (Å²) in [4.78, 5) is 14.5. The number of benzene rings is 2. The number of methoxy groups -OCH3 is 3. The second kappa shape index (κ2) is 10.2. The fourth-order valence-corrected chi connectivity index (χ4v) is 3.80. The lowest BCUT2D eigenvalue weighted by Crippen LogP contribution is -2.47. The Morgan fingerprint density at radius 2 is 1.84 bits per heavy atom. The molecule has 3 rings (SSSR count). The maximum Gasteiger partial charge on any atom is 0.244 e. The molecule has 0 saturated carbocycles. The number of nitrogens with zero attached hydrogens (tertiary/aromatic N) is 1. The standard InChI is InChI=1S/C24H29FN2O4/c1-16-7-9-19(25)20(12-16)27-11-5-6-18(15-27)26-23(28)10-8-17-13-21(29-2)24(31-4)22(14-17)30-3/h7-10,12-14,18H,5-6,11,15H2,1-4H3,(H,26,28)/b10-8+. The lowest BCUT2D eigenvalue weighted by Gasteiger charge is -2.35. The van der Waals surface area contributed by atoms with Gasteiger partial charge in [-0.2, -0.15) is 0 Å². The molecule has 0 bridgehead atoms. The maximum absolute atomic E-state index is 14.3. The molecule has 1 aliphatic heterocycles. The maximum atomic E-state index is 14.3. The zero-order valence-electron chi connectivity index (χ0n) is 18.4. The first-order chi connectivity index (χ1) is 14.9. The number of carbonyl (C=O) groups is 1. The number of rotatable bonds is 7. The molecular weight excluding hydrogens is 399 g/mol. The molecule has 1 fully saturated rings. The third-order valence-electron chi connectivity index (χ3n) is 5.32. The molecule has 1 amide bonds. The van der Waals surface area contributed by atoms with E-state index < -0.39 is 0 Å². The van der Waals surface area contributed by atoms with Gasteiger partial charge in [-0.15, -0.1) is 0 Å². The van der Waals surface area contributed by atoms with Crippen molar-refractivity contribution < 1.29 is 23.4 Å². The molecule has 0 spiro atoms. The van der Waals surface area contributed by atoms with Crippen molar-refractivity contribution in [3.63, 3.8) is 0 Å². The number of hydrogen-bond donors (Lipinski definition) is 1. The van der Waals surface area contributed by atoms with Crippen molar-refractivity contribution in [2.24, 2.45) is 0 Å². The molecule has 0 aliphatic carbocycles. The molecule has 0 radical (unpaired) electrons. The lowest BCUT2D eigenvalue weighted by atomic mass is 10.0. The summed E-state index contributed by atoms with van der Waals surface area (Å²) in [5.74, 6) is 1.09. The summed E-state index contributed by atoms with van der Waals surface area (Å²) in [6, 6.07) is 8.60. The van der Waals surface area contributed by atoms with Crippen LogP contribution in [-0.2, 0) is 4.79 Å². The number of amides is 1. The van der Waals surface area contributed by atoms with Gasteiger partial charge in [0, 0.05) is 25.2 Å². The molecule has 31 heavy (non-hydrogen) atoms. The number of piperidine rings is 1. The molecule has 7 heteroatoms. The average Bonchev–Trinajstić information content (AvgIpc) is 2.78. The lowest BCUT2D eigenvalue weighted by molar-refractivity contribution is -0.117.